The smallest absolute Gasteiger partial charge is 0.266 e. The summed E-state index contributed by atoms with van der Waals surface area (Å²) in [5.74, 6) is -2.50. The van der Waals surface area contributed by atoms with Gasteiger partial charge in [0.25, 0.3) is 5.91 Å². The van der Waals surface area contributed by atoms with Crippen LogP contribution in [0.25, 0.3) is 0 Å². The number of ketones is 1. The van der Waals surface area contributed by atoms with Crippen molar-refractivity contribution in [3.63, 3.8) is 0 Å². The van der Waals surface area contributed by atoms with E-state index in [2.05, 4.69) is 10.5 Å². The van der Waals surface area contributed by atoms with Gasteiger partial charge in [-0.3, -0.25) is 9.59 Å². The molecule has 0 heterocycles. The standard InChI is InChI=1S/C27H39FN2O6/c1-5-22(31)27(34)16(3)11-19-20-7-6-17-12-18(29-30-24(33)14-36-9-8-35-4)10-15(2)25(17)26(20,28)23(32)13-21(19)27/h10,12,16,19-21,23,25,32,34H,5-9,11,13-14H2,1-4H3,(H,30,33)/b29-18+/t16-,19+,20+,21?,23+,25?,26+,27-/m1/s1. The zero-order valence-electron chi connectivity index (χ0n) is 21.6. The van der Waals surface area contributed by atoms with Gasteiger partial charge in [-0.15, -0.1) is 0 Å². The lowest BCUT2D eigenvalue weighted by atomic mass is 9.52. The molecule has 0 bridgehead atoms. The van der Waals surface area contributed by atoms with Crippen molar-refractivity contribution in [1.82, 2.24) is 5.43 Å². The van der Waals surface area contributed by atoms with Gasteiger partial charge in [0.1, 0.15) is 17.9 Å². The lowest BCUT2D eigenvalue weighted by Gasteiger charge is -2.56. The van der Waals surface area contributed by atoms with E-state index in [0.29, 0.717) is 38.2 Å². The Kier molecular flexibility index (Phi) is 7.86. The number of nitrogens with one attached hydrogen (secondary N) is 1. The number of Topliss-reactive ketones (excluding diaryl/α,β-unsaturated/α-hetero) is 1. The molecular weight excluding hydrogens is 467 g/mol. The summed E-state index contributed by atoms with van der Waals surface area (Å²) in [5, 5.41) is 26.9. The predicted octanol–water partition coefficient (Wildman–Crippen LogP) is 2.49. The van der Waals surface area contributed by atoms with Crippen LogP contribution < -0.4 is 5.43 Å². The minimum atomic E-state index is -1.88. The van der Waals surface area contributed by atoms with Crippen LogP contribution in [0, 0.1) is 29.6 Å². The normalized spacial score (nSPS) is 40.6. The third-order valence-electron chi connectivity index (χ3n) is 9.00. The summed E-state index contributed by atoms with van der Waals surface area (Å²) in [7, 11) is 1.55. The number of halogens is 1. The molecule has 2 unspecified atom stereocenters. The highest BCUT2D eigenvalue weighted by Crippen LogP contribution is 2.64. The lowest BCUT2D eigenvalue weighted by molar-refractivity contribution is -0.176. The predicted molar refractivity (Wildman–Crippen MR) is 132 cm³/mol. The summed E-state index contributed by atoms with van der Waals surface area (Å²) in [6.45, 7) is 6.00. The molecule has 3 saturated carbocycles. The lowest BCUT2D eigenvalue weighted by Crippen LogP contribution is -2.63. The first-order valence-electron chi connectivity index (χ1n) is 13.0. The molecular formula is C27H39FN2O6. The molecule has 36 heavy (non-hydrogen) atoms. The van der Waals surface area contributed by atoms with Gasteiger partial charge in [-0.05, 0) is 62.5 Å². The van der Waals surface area contributed by atoms with Crippen LogP contribution in [0.1, 0.15) is 52.9 Å². The Labute approximate surface area is 212 Å². The second kappa shape index (κ2) is 10.4. The van der Waals surface area contributed by atoms with Gasteiger partial charge in [-0.25, -0.2) is 9.82 Å². The van der Waals surface area contributed by atoms with E-state index in [-0.39, 0.29) is 37.1 Å². The number of amides is 1. The van der Waals surface area contributed by atoms with Crippen LogP contribution in [0.5, 0.6) is 0 Å². The largest absolute Gasteiger partial charge is 0.390 e. The van der Waals surface area contributed by atoms with Crippen molar-refractivity contribution < 1.29 is 33.7 Å². The molecule has 3 N–H and O–H groups in total. The number of hydrogen-bond donors (Lipinski definition) is 3. The van der Waals surface area contributed by atoms with Crippen molar-refractivity contribution in [2.75, 3.05) is 26.9 Å². The number of rotatable bonds is 8. The Bertz CT molecular complexity index is 979. The third kappa shape index (κ3) is 4.38. The number of aliphatic hydroxyl groups excluding tert-OH is 1. The monoisotopic (exact) mass is 506 g/mol. The molecule has 0 aromatic rings. The first-order chi connectivity index (χ1) is 17.1. The van der Waals surface area contributed by atoms with E-state index in [1.54, 1.807) is 26.2 Å². The highest BCUT2D eigenvalue weighted by molar-refractivity contribution is 6.06. The molecule has 4 rings (SSSR count). The maximum absolute atomic E-state index is 17.1. The number of hydrogen-bond acceptors (Lipinski definition) is 7. The Hall–Kier alpha value is -1.94. The quantitative estimate of drug-likeness (QED) is 0.344. The maximum atomic E-state index is 17.1. The Morgan fingerprint density at radius 3 is 2.69 bits per heavy atom. The fraction of sp³-hybridized carbons (Fsp3) is 0.741. The molecule has 9 heteroatoms. The first kappa shape index (κ1) is 27.1. The van der Waals surface area contributed by atoms with Crippen LogP contribution in [0.3, 0.4) is 0 Å². The molecule has 0 aliphatic heterocycles. The van der Waals surface area contributed by atoms with Gasteiger partial charge < -0.3 is 19.7 Å². The third-order valence-corrected chi connectivity index (χ3v) is 9.00. The minimum Gasteiger partial charge on any atom is -0.390 e. The van der Waals surface area contributed by atoms with E-state index >= 15 is 4.39 Å². The number of hydrazone groups is 1. The molecule has 200 valence electrons. The first-order valence-corrected chi connectivity index (χ1v) is 13.0. The minimum absolute atomic E-state index is 0.0708. The van der Waals surface area contributed by atoms with E-state index < -0.39 is 41.0 Å². The van der Waals surface area contributed by atoms with Gasteiger partial charge >= 0.3 is 0 Å². The van der Waals surface area contributed by atoms with Gasteiger partial charge in [0, 0.05) is 25.4 Å². The second-order valence-corrected chi connectivity index (χ2v) is 10.9. The number of methoxy groups -OCH3 is 1. The molecule has 8 atom stereocenters. The van der Waals surface area contributed by atoms with Crippen molar-refractivity contribution in [3.8, 4) is 0 Å². The van der Waals surface area contributed by atoms with Gasteiger partial charge in [0.15, 0.2) is 5.78 Å². The number of allylic oxidation sites excluding steroid dienone is 4. The molecule has 0 radical (unpaired) electrons. The molecule has 0 saturated heterocycles. The zero-order valence-corrected chi connectivity index (χ0v) is 21.6. The summed E-state index contributed by atoms with van der Waals surface area (Å²) in [5.41, 5.74) is 1.20. The number of carbonyl (C=O) groups excluding carboxylic acids is 2. The number of fused-ring (bicyclic) bond motifs is 5. The molecule has 0 spiro atoms. The van der Waals surface area contributed by atoms with Crippen molar-refractivity contribution in [1.29, 1.82) is 0 Å². The van der Waals surface area contributed by atoms with Crippen molar-refractivity contribution in [2.24, 2.45) is 34.7 Å². The maximum Gasteiger partial charge on any atom is 0.266 e. The second-order valence-electron chi connectivity index (χ2n) is 10.9. The van der Waals surface area contributed by atoms with Crippen LogP contribution in [-0.4, -0.2) is 71.9 Å². The summed E-state index contributed by atoms with van der Waals surface area (Å²) < 4.78 is 27.2. The van der Waals surface area contributed by atoms with Crippen LogP contribution in [0.15, 0.2) is 28.4 Å². The number of nitrogens with zero attached hydrogens (tertiary/aromatic N) is 1. The highest BCUT2D eigenvalue weighted by Gasteiger charge is 2.68. The van der Waals surface area contributed by atoms with E-state index in [4.69, 9.17) is 9.47 Å². The molecule has 1 amide bonds. The van der Waals surface area contributed by atoms with E-state index in [0.717, 1.165) is 11.1 Å². The number of aliphatic hydroxyl groups is 2. The topological polar surface area (TPSA) is 117 Å². The zero-order chi connectivity index (χ0) is 26.3. The van der Waals surface area contributed by atoms with Crippen LogP contribution in [0.4, 0.5) is 4.39 Å². The Morgan fingerprint density at radius 2 is 2.00 bits per heavy atom. The fourth-order valence-corrected chi connectivity index (χ4v) is 7.47. The summed E-state index contributed by atoms with van der Waals surface area (Å²) in [4.78, 5) is 24.7. The van der Waals surface area contributed by atoms with Crippen molar-refractivity contribution in [2.45, 2.75) is 70.2 Å². The van der Waals surface area contributed by atoms with Crippen LogP contribution in [-0.2, 0) is 19.1 Å². The van der Waals surface area contributed by atoms with Crippen LogP contribution in [0.2, 0.25) is 0 Å². The van der Waals surface area contributed by atoms with E-state index in [1.165, 1.54) is 0 Å². The molecule has 0 aromatic carbocycles. The van der Waals surface area contributed by atoms with Crippen molar-refractivity contribution >= 4 is 17.4 Å². The summed E-state index contributed by atoms with van der Waals surface area (Å²) in [6.07, 6.45) is 4.29. The highest BCUT2D eigenvalue weighted by atomic mass is 19.1. The molecule has 0 aromatic heterocycles. The van der Waals surface area contributed by atoms with Crippen molar-refractivity contribution in [3.05, 3.63) is 23.3 Å². The number of carbonyl (C=O) groups is 2. The number of ether oxygens (including phenoxy) is 2. The SMILES string of the molecule is CCC(=O)[C@]1(O)C2C[C@H](O)[C@]3(F)C4C(C)=C/C(=N\NC(=O)COCCOC)C=C4CC[C@H]3[C@@H]2C[C@H]1C. The van der Waals surface area contributed by atoms with Gasteiger partial charge in [-0.1, -0.05) is 25.0 Å². The Morgan fingerprint density at radius 1 is 1.25 bits per heavy atom. The fourth-order valence-electron chi connectivity index (χ4n) is 7.47. The molecule has 3 fully saturated rings. The summed E-state index contributed by atoms with van der Waals surface area (Å²) in [6, 6.07) is 0. The summed E-state index contributed by atoms with van der Waals surface area (Å²) >= 11 is 0. The molecule has 8 nitrogen and oxygen atoms in total. The molecule has 4 aliphatic carbocycles. The molecule has 4 aliphatic rings. The average Bonchev–Trinajstić information content (AvgIpc) is 3.10. The average molecular weight is 507 g/mol. The van der Waals surface area contributed by atoms with E-state index in [1.807, 2.05) is 13.8 Å². The van der Waals surface area contributed by atoms with E-state index in [9.17, 15) is 19.8 Å². The van der Waals surface area contributed by atoms with Gasteiger partial charge in [0.05, 0.1) is 25.0 Å². The van der Waals surface area contributed by atoms with Gasteiger partial charge in [-0.2, -0.15) is 5.10 Å². The van der Waals surface area contributed by atoms with Gasteiger partial charge in [0.2, 0.25) is 0 Å². The Balaban J connectivity index is 1.53. The number of alkyl halides is 1. The van der Waals surface area contributed by atoms with Crippen LogP contribution >= 0.6 is 0 Å².